The van der Waals surface area contributed by atoms with Crippen LogP contribution in [0.2, 0.25) is 0 Å². The maximum Gasteiger partial charge on any atom is 0.0582 e. The minimum Gasteiger partial charge on any atom is -0.309 e. The molecule has 1 aliphatic rings. The van der Waals surface area contributed by atoms with Crippen LogP contribution < -0.4 is 0 Å². The summed E-state index contributed by atoms with van der Waals surface area (Å²) in [6.07, 6.45) is 0. The molecular formula is C49H33N. The molecule has 1 heteroatoms. The van der Waals surface area contributed by atoms with Crippen LogP contribution in [-0.4, -0.2) is 4.57 Å². The van der Waals surface area contributed by atoms with E-state index in [2.05, 4.69) is 182 Å². The van der Waals surface area contributed by atoms with Gasteiger partial charge in [0, 0.05) is 16.2 Å². The van der Waals surface area contributed by atoms with Gasteiger partial charge < -0.3 is 4.57 Å². The first-order valence-corrected chi connectivity index (χ1v) is 17.6. The molecule has 0 bridgehead atoms. The average Bonchev–Trinajstić information content (AvgIpc) is 3.50. The third kappa shape index (κ3) is 3.67. The van der Waals surface area contributed by atoms with Crippen molar-refractivity contribution in [2.45, 2.75) is 19.3 Å². The zero-order valence-corrected chi connectivity index (χ0v) is 28.0. The van der Waals surface area contributed by atoms with E-state index in [-0.39, 0.29) is 5.41 Å². The summed E-state index contributed by atoms with van der Waals surface area (Å²) in [5.74, 6) is 0. The Bertz CT molecular complexity index is 3060. The molecule has 11 rings (SSSR count). The van der Waals surface area contributed by atoms with Gasteiger partial charge >= 0.3 is 0 Å². The molecule has 10 aromatic rings. The smallest absolute Gasteiger partial charge is 0.0582 e. The molecule has 0 amide bonds. The highest BCUT2D eigenvalue weighted by Gasteiger charge is 2.35. The number of hydrogen-bond donors (Lipinski definition) is 0. The second-order valence-electron chi connectivity index (χ2n) is 14.5. The molecule has 234 valence electrons. The Morgan fingerprint density at radius 1 is 0.380 bits per heavy atom. The van der Waals surface area contributed by atoms with Gasteiger partial charge in [-0.3, -0.25) is 0 Å². The van der Waals surface area contributed by atoms with Gasteiger partial charge in [0.1, 0.15) is 0 Å². The predicted octanol–water partition coefficient (Wildman–Crippen LogP) is 13.4. The number of para-hydroxylation sites is 1. The van der Waals surface area contributed by atoms with Crippen LogP contribution in [0.15, 0.2) is 164 Å². The summed E-state index contributed by atoms with van der Waals surface area (Å²) in [6, 6.07) is 61.2. The Balaban J connectivity index is 1.27. The third-order valence-corrected chi connectivity index (χ3v) is 11.5. The Morgan fingerprint density at radius 3 is 1.56 bits per heavy atom. The van der Waals surface area contributed by atoms with Crippen molar-refractivity contribution in [1.82, 2.24) is 4.57 Å². The van der Waals surface area contributed by atoms with E-state index in [0.717, 1.165) is 0 Å². The standard InChI is InChI=1S/C49H33N/c1-49(2)44-21-11-12-22-47(44)50-46-24-23-32(40-25-30-13-3-5-15-34(30)36-17-7-9-19-38(36)40)27-42(46)43-28-33(29-45(49)48(43)50)41-26-31-14-4-6-16-35(31)37-18-8-10-20-39(37)41/h3-29H,1-2H3. The lowest BCUT2D eigenvalue weighted by Crippen LogP contribution is -2.26. The molecule has 0 saturated carbocycles. The van der Waals surface area contributed by atoms with Gasteiger partial charge in [0.25, 0.3) is 0 Å². The summed E-state index contributed by atoms with van der Waals surface area (Å²) in [6.45, 7) is 4.80. The highest BCUT2D eigenvalue weighted by atomic mass is 15.0. The van der Waals surface area contributed by atoms with Gasteiger partial charge in [-0.05, 0) is 119 Å². The van der Waals surface area contributed by atoms with Crippen molar-refractivity contribution in [3.63, 3.8) is 0 Å². The Kier molecular flexibility index (Phi) is 5.51. The van der Waals surface area contributed by atoms with Gasteiger partial charge in [0.05, 0.1) is 16.7 Å². The summed E-state index contributed by atoms with van der Waals surface area (Å²) in [5, 5.41) is 12.9. The molecule has 2 heterocycles. The predicted molar refractivity (Wildman–Crippen MR) is 214 cm³/mol. The fraction of sp³-hybridized carbons (Fsp3) is 0.0612. The number of rotatable bonds is 2. The molecule has 50 heavy (non-hydrogen) atoms. The molecule has 1 aliphatic heterocycles. The zero-order valence-electron chi connectivity index (χ0n) is 28.0. The van der Waals surface area contributed by atoms with Gasteiger partial charge in [-0.2, -0.15) is 0 Å². The van der Waals surface area contributed by atoms with E-state index in [1.807, 2.05) is 0 Å². The van der Waals surface area contributed by atoms with E-state index in [1.165, 1.54) is 104 Å². The van der Waals surface area contributed by atoms with Gasteiger partial charge in [-0.15, -0.1) is 0 Å². The van der Waals surface area contributed by atoms with Crippen LogP contribution in [0.1, 0.15) is 25.0 Å². The van der Waals surface area contributed by atoms with E-state index in [4.69, 9.17) is 0 Å². The first-order valence-electron chi connectivity index (χ1n) is 17.6. The molecule has 0 saturated heterocycles. The molecule has 0 radical (unpaired) electrons. The lowest BCUT2D eigenvalue weighted by atomic mass is 9.74. The number of aromatic nitrogens is 1. The molecule has 0 spiro atoms. The van der Waals surface area contributed by atoms with Crippen molar-refractivity contribution in [2.24, 2.45) is 0 Å². The van der Waals surface area contributed by atoms with Gasteiger partial charge in [-0.1, -0.05) is 135 Å². The molecule has 0 fully saturated rings. The second kappa shape index (κ2) is 9.94. The van der Waals surface area contributed by atoms with Crippen molar-refractivity contribution in [2.75, 3.05) is 0 Å². The van der Waals surface area contributed by atoms with Gasteiger partial charge in [0.2, 0.25) is 0 Å². The monoisotopic (exact) mass is 635 g/mol. The zero-order chi connectivity index (χ0) is 33.1. The number of hydrogen-bond acceptors (Lipinski definition) is 0. The van der Waals surface area contributed by atoms with Crippen LogP contribution in [0.5, 0.6) is 0 Å². The number of benzene rings is 9. The number of fused-ring (bicyclic) bond motifs is 11. The molecule has 1 aromatic heterocycles. The second-order valence-corrected chi connectivity index (χ2v) is 14.5. The molecule has 0 atom stereocenters. The Hall–Kier alpha value is -6.18. The van der Waals surface area contributed by atoms with Gasteiger partial charge in [0.15, 0.2) is 0 Å². The average molecular weight is 636 g/mol. The minimum atomic E-state index is -0.181. The van der Waals surface area contributed by atoms with E-state index in [9.17, 15) is 0 Å². The van der Waals surface area contributed by atoms with Crippen LogP contribution in [0.4, 0.5) is 0 Å². The van der Waals surface area contributed by atoms with Crippen LogP contribution in [-0.2, 0) is 5.41 Å². The Labute approximate surface area is 290 Å². The lowest BCUT2D eigenvalue weighted by Gasteiger charge is -2.35. The topological polar surface area (TPSA) is 4.93 Å². The van der Waals surface area contributed by atoms with Crippen molar-refractivity contribution in [3.05, 3.63) is 175 Å². The molecule has 1 nitrogen and oxygen atoms in total. The largest absolute Gasteiger partial charge is 0.309 e. The van der Waals surface area contributed by atoms with Crippen molar-refractivity contribution in [1.29, 1.82) is 0 Å². The van der Waals surface area contributed by atoms with E-state index < -0.39 is 0 Å². The van der Waals surface area contributed by atoms with Crippen molar-refractivity contribution in [3.8, 4) is 27.9 Å². The number of nitrogens with zero attached hydrogens (tertiary/aromatic N) is 1. The fourth-order valence-electron chi connectivity index (χ4n) is 9.13. The highest BCUT2D eigenvalue weighted by molar-refractivity contribution is 6.19. The summed E-state index contributed by atoms with van der Waals surface area (Å²) < 4.78 is 2.53. The lowest BCUT2D eigenvalue weighted by molar-refractivity contribution is 0.630. The van der Waals surface area contributed by atoms with Gasteiger partial charge in [-0.25, -0.2) is 0 Å². The molecule has 0 aliphatic carbocycles. The summed E-state index contributed by atoms with van der Waals surface area (Å²) in [7, 11) is 0. The normalized spacial score (nSPS) is 13.6. The van der Waals surface area contributed by atoms with Crippen LogP contribution in [0.3, 0.4) is 0 Å². The maximum atomic E-state index is 2.53. The SMILES string of the molecule is CC1(C)c2ccccc2-n2c3ccc(-c4cc5ccccc5c5ccccc45)cc3c3cc(-c4cc5ccccc5c5ccccc45)cc1c32. The third-order valence-electron chi connectivity index (χ3n) is 11.5. The molecule has 0 N–H and O–H groups in total. The van der Waals surface area contributed by atoms with E-state index in [0.29, 0.717) is 0 Å². The van der Waals surface area contributed by atoms with Crippen molar-refractivity contribution >= 4 is 64.9 Å². The first-order chi connectivity index (χ1) is 24.6. The highest BCUT2D eigenvalue weighted by Crippen LogP contribution is 2.50. The van der Waals surface area contributed by atoms with Crippen LogP contribution >= 0.6 is 0 Å². The van der Waals surface area contributed by atoms with Crippen molar-refractivity contribution < 1.29 is 0 Å². The molecule has 0 unspecified atom stereocenters. The first kappa shape index (κ1) is 27.7. The van der Waals surface area contributed by atoms with E-state index >= 15 is 0 Å². The quantitative estimate of drug-likeness (QED) is 0.167. The summed E-state index contributed by atoms with van der Waals surface area (Å²) >= 11 is 0. The Morgan fingerprint density at radius 2 is 0.900 bits per heavy atom. The summed E-state index contributed by atoms with van der Waals surface area (Å²) in [5.41, 5.74) is 11.5. The minimum absolute atomic E-state index is 0.181. The maximum absolute atomic E-state index is 2.53. The van der Waals surface area contributed by atoms with Crippen LogP contribution in [0, 0.1) is 0 Å². The fourth-order valence-corrected chi connectivity index (χ4v) is 9.13. The summed E-state index contributed by atoms with van der Waals surface area (Å²) in [4.78, 5) is 0. The van der Waals surface area contributed by atoms with Crippen LogP contribution in [0.25, 0.3) is 92.8 Å². The molecular weight excluding hydrogens is 603 g/mol. The molecule has 9 aromatic carbocycles. The van der Waals surface area contributed by atoms with E-state index in [1.54, 1.807) is 0 Å².